The minimum Gasteiger partial charge on any atom is -0.481 e. The Morgan fingerprint density at radius 3 is 2.78 bits per heavy atom. The van der Waals surface area contributed by atoms with E-state index in [0.717, 1.165) is 0 Å². The summed E-state index contributed by atoms with van der Waals surface area (Å²) in [4.78, 5) is 18.8. The van der Waals surface area contributed by atoms with E-state index in [1.807, 2.05) is 26.8 Å². The third-order valence-electron chi connectivity index (χ3n) is 2.50. The van der Waals surface area contributed by atoms with Gasteiger partial charge in [0.15, 0.2) is 0 Å². The fraction of sp³-hybridized carbons (Fsp3) is 0.500. The van der Waals surface area contributed by atoms with Crippen molar-refractivity contribution >= 4 is 11.9 Å². The van der Waals surface area contributed by atoms with Crippen molar-refractivity contribution in [1.29, 1.82) is 5.26 Å². The van der Waals surface area contributed by atoms with E-state index in [1.54, 1.807) is 0 Å². The van der Waals surface area contributed by atoms with E-state index in [4.69, 9.17) is 10.4 Å². The minimum atomic E-state index is -0.890. The van der Waals surface area contributed by atoms with Crippen molar-refractivity contribution < 1.29 is 9.90 Å². The van der Waals surface area contributed by atoms with Crippen molar-refractivity contribution in [1.82, 2.24) is 9.97 Å². The summed E-state index contributed by atoms with van der Waals surface area (Å²) in [5.74, 6) is -0.617. The van der Waals surface area contributed by atoms with E-state index < -0.39 is 5.97 Å². The van der Waals surface area contributed by atoms with Gasteiger partial charge in [-0.05, 0) is 11.5 Å². The quantitative estimate of drug-likeness (QED) is 0.840. The van der Waals surface area contributed by atoms with Gasteiger partial charge in [-0.2, -0.15) is 5.26 Å². The summed E-state index contributed by atoms with van der Waals surface area (Å²) >= 11 is 0. The van der Waals surface area contributed by atoms with E-state index in [-0.39, 0.29) is 29.5 Å². The Balaban J connectivity index is 2.89. The van der Waals surface area contributed by atoms with Crippen LogP contribution in [-0.2, 0) is 4.79 Å². The second-order valence-corrected chi connectivity index (χ2v) is 5.04. The molecule has 1 unspecified atom stereocenters. The Labute approximate surface area is 106 Å². The maximum Gasteiger partial charge on any atom is 0.305 e. The zero-order chi connectivity index (χ0) is 13.8. The first-order valence-corrected chi connectivity index (χ1v) is 5.54. The number of aliphatic carboxylic acids is 1. The highest BCUT2D eigenvalue weighted by atomic mass is 16.4. The van der Waals surface area contributed by atoms with Crippen LogP contribution in [-0.4, -0.2) is 27.1 Å². The van der Waals surface area contributed by atoms with Gasteiger partial charge in [0.25, 0.3) is 0 Å². The summed E-state index contributed by atoms with van der Waals surface area (Å²) in [6.45, 7) is 5.80. The molecule has 0 aliphatic carbocycles. The van der Waals surface area contributed by atoms with Crippen LogP contribution in [0.3, 0.4) is 0 Å². The lowest BCUT2D eigenvalue weighted by atomic mass is 9.85. The van der Waals surface area contributed by atoms with Crippen LogP contribution in [0, 0.1) is 16.7 Å². The maximum absolute atomic E-state index is 10.8. The summed E-state index contributed by atoms with van der Waals surface area (Å²) in [5.41, 5.74) is -0.0137. The zero-order valence-corrected chi connectivity index (χ0v) is 10.6. The summed E-state index contributed by atoms with van der Waals surface area (Å²) in [6, 6.07) is 3.09. The van der Waals surface area contributed by atoms with Gasteiger partial charge in [0.1, 0.15) is 11.8 Å². The van der Waals surface area contributed by atoms with Gasteiger partial charge in [0.2, 0.25) is 5.95 Å². The number of aromatic nitrogens is 2. The Hall–Kier alpha value is -2.16. The molecule has 96 valence electrons. The molecule has 0 saturated carbocycles. The molecule has 0 saturated heterocycles. The van der Waals surface area contributed by atoms with Crippen LogP contribution in [0.4, 0.5) is 5.95 Å². The number of carbonyl (C=O) groups is 1. The van der Waals surface area contributed by atoms with Crippen LogP contribution in [0.25, 0.3) is 0 Å². The van der Waals surface area contributed by atoms with E-state index in [1.165, 1.54) is 12.3 Å². The number of hydrogen-bond donors (Lipinski definition) is 2. The number of nitriles is 1. The Kier molecular flexibility index (Phi) is 4.21. The largest absolute Gasteiger partial charge is 0.481 e. The fourth-order valence-corrected chi connectivity index (χ4v) is 1.39. The summed E-state index contributed by atoms with van der Waals surface area (Å²) in [6.07, 6.45) is 1.43. The minimum absolute atomic E-state index is 0.0381. The van der Waals surface area contributed by atoms with Crippen molar-refractivity contribution in [3.63, 3.8) is 0 Å². The van der Waals surface area contributed by atoms with E-state index in [9.17, 15) is 4.79 Å². The summed E-state index contributed by atoms with van der Waals surface area (Å²) in [7, 11) is 0. The van der Waals surface area contributed by atoms with Crippen molar-refractivity contribution in [2.45, 2.75) is 33.2 Å². The molecule has 1 aromatic heterocycles. The standard InChI is InChI=1S/C12H16N4O2/c1-12(2,3)9(6-10(17)18)16-11-14-5-4-8(7-13)15-11/h4-5,9H,6H2,1-3H3,(H,17,18)(H,14,15,16). The molecular weight excluding hydrogens is 232 g/mol. The molecule has 0 bridgehead atoms. The third kappa shape index (κ3) is 4.01. The number of anilines is 1. The number of hydrogen-bond acceptors (Lipinski definition) is 5. The molecule has 1 rings (SSSR count). The highest BCUT2D eigenvalue weighted by Crippen LogP contribution is 2.24. The number of carboxylic acids is 1. The normalized spacial score (nSPS) is 12.6. The zero-order valence-electron chi connectivity index (χ0n) is 10.6. The molecule has 18 heavy (non-hydrogen) atoms. The van der Waals surface area contributed by atoms with Gasteiger partial charge in [-0.3, -0.25) is 4.79 Å². The lowest BCUT2D eigenvalue weighted by Crippen LogP contribution is -2.36. The first-order valence-electron chi connectivity index (χ1n) is 5.54. The number of rotatable bonds is 4. The Morgan fingerprint density at radius 1 is 1.61 bits per heavy atom. The number of nitrogens with zero attached hydrogens (tertiary/aromatic N) is 3. The molecule has 6 heteroatoms. The second-order valence-electron chi connectivity index (χ2n) is 5.04. The van der Waals surface area contributed by atoms with Crippen LogP contribution >= 0.6 is 0 Å². The van der Waals surface area contributed by atoms with Crippen LogP contribution in [0.5, 0.6) is 0 Å². The first-order chi connectivity index (χ1) is 8.32. The SMILES string of the molecule is CC(C)(C)C(CC(=O)O)Nc1nccc(C#N)n1. The van der Waals surface area contributed by atoms with E-state index in [0.29, 0.717) is 0 Å². The number of carboxylic acid groups (broad SMARTS) is 1. The summed E-state index contributed by atoms with van der Waals surface area (Å²) < 4.78 is 0. The van der Waals surface area contributed by atoms with Crippen LogP contribution in [0.2, 0.25) is 0 Å². The molecule has 0 amide bonds. The number of nitrogens with one attached hydrogen (secondary N) is 1. The molecule has 0 aliphatic heterocycles. The van der Waals surface area contributed by atoms with Gasteiger partial charge in [0, 0.05) is 12.2 Å². The van der Waals surface area contributed by atoms with Crippen LogP contribution < -0.4 is 5.32 Å². The Bertz CT molecular complexity index is 474. The predicted molar refractivity (Wildman–Crippen MR) is 65.9 cm³/mol. The Morgan fingerprint density at radius 2 is 2.28 bits per heavy atom. The molecule has 0 aliphatic rings. The molecular formula is C12H16N4O2. The lowest BCUT2D eigenvalue weighted by molar-refractivity contribution is -0.137. The predicted octanol–water partition coefficient (Wildman–Crippen LogP) is 1.65. The topological polar surface area (TPSA) is 98.9 Å². The molecule has 1 aromatic rings. The maximum atomic E-state index is 10.8. The van der Waals surface area contributed by atoms with Crippen molar-refractivity contribution in [2.24, 2.45) is 5.41 Å². The van der Waals surface area contributed by atoms with Crippen LogP contribution in [0.1, 0.15) is 32.9 Å². The lowest BCUT2D eigenvalue weighted by Gasteiger charge is -2.30. The van der Waals surface area contributed by atoms with Gasteiger partial charge in [-0.1, -0.05) is 20.8 Å². The molecule has 6 nitrogen and oxygen atoms in total. The van der Waals surface area contributed by atoms with Gasteiger partial charge >= 0.3 is 5.97 Å². The van der Waals surface area contributed by atoms with Crippen molar-refractivity contribution in [2.75, 3.05) is 5.32 Å². The van der Waals surface area contributed by atoms with Gasteiger partial charge in [-0.25, -0.2) is 9.97 Å². The van der Waals surface area contributed by atoms with Crippen LogP contribution in [0.15, 0.2) is 12.3 Å². The van der Waals surface area contributed by atoms with Crippen molar-refractivity contribution in [3.8, 4) is 6.07 Å². The average Bonchev–Trinajstić information content (AvgIpc) is 2.26. The third-order valence-corrected chi connectivity index (χ3v) is 2.50. The molecule has 1 atom stereocenters. The second kappa shape index (κ2) is 5.45. The highest BCUT2D eigenvalue weighted by Gasteiger charge is 2.27. The first kappa shape index (κ1) is 13.9. The van der Waals surface area contributed by atoms with E-state index >= 15 is 0 Å². The molecule has 0 radical (unpaired) electrons. The highest BCUT2D eigenvalue weighted by molar-refractivity contribution is 5.68. The molecule has 0 spiro atoms. The van der Waals surface area contributed by atoms with Gasteiger partial charge in [-0.15, -0.1) is 0 Å². The monoisotopic (exact) mass is 248 g/mol. The molecule has 0 fully saturated rings. The molecule has 2 N–H and O–H groups in total. The van der Waals surface area contributed by atoms with Gasteiger partial charge in [0.05, 0.1) is 6.42 Å². The average molecular weight is 248 g/mol. The fourth-order valence-electron chi connectivity index (χ4n) is 1.39. The molecule has 1 heterocycles. The van der Waals surface area contributed by atoms with Crippen molar-refractivity contribution in [3.05, 3.63) is 18.0 Å². The molecule has 0 aromatic carbocycles. The van der Waals surface area contributed by atoms with Gasteiger partial charge < -0.3 is 10.4 Å². The summed E-state index contributed by atoms with van der Waals surface area (Å²) in [5, 5.41) is 20.6. The van der Waals surface area contributed by atoms with E-state index in [2.05, 4.69) is 15.3 Å². The smallest absolute Gasteiger partial charge is 0.305 e.